The monoisotopic (exact) mass is 322 g/mol. The van der Waals surface area contributed by atoms with Gasteiger partial charge in [0.05, 0.1) is 11.6 Å². The van der Waals surface area contributed by atoms with E-state index in [9.17, 15) is 13.2 Å². The molecule has 2 aromatic carbocycles. The van der Waals surface area contributed by atoms with Gasteiger partial charge >= 0.3 is 6.36 Å². The second-order valence-electron chi connectivity index (χ2n) is 4.48. The summed E-state index contributed by atoms with van der Waals surface area (Å²) in [6.45, 7) is 0.839. The van der Waals surface area contributed by atoms with Gasteiger partial charge in [-0.2, -0.15) is 5.26 Å². The molecule has 0 spiro atoms. The van der Waals surface area contributed by atoms with Crippen molar-refractivity contribution in [3.05, 3.63) is 54.1 Å². The predicted molar refractivity (Wildman–Crippen MR) is 78.3 cm³/mol. The average molecular weight is 322 g/mol. The van der Waals surface area contributed by atoms with Crippen molar-refractivity contribution < 1.29 is 22.6 Å². The molecule has 0 radical (unpaired) electrons. The van der Waals surface area contributed by atoms with Gasteiger partial charge in [0.2, 0.25) is 0 Å². The SMILES string of the molecule is N#Cc1ccc(OCCNc2ccc(OC(F)(F)F)cc2)cc1. The Bertz CT molecular complexity index is 662. The Morgan fingerprint density at radius 3 is 2.13 bits per heavy atom. The number of nitrogens with one attached hydrogen (secondary N) is 1. The summed E-state index contributed by atoms with van der Waals surface area (Å²) in [5, 5.41) is 11.7. The number of benzene rings is 2. The van der Waals surface area contributed by atoms with Crippen LogP contribution in [0.1, 0.15) is 5.56 Å². The summed E-state index contributed by atoms with van der Waals surface area (Å²) in [7, 11) is 0. The summed E-state index contributed by atoms with van der Waals surface area (Å²) in [6, 6.07) is 14.2. The standard InChI is InChI=1S/C16H13F3N2O2/c17-16(18,19)23-15-7-3-13(4-8-15)21-9-10-22-14-5-1-12(11-20)2-6-14/h1-8,21H,9-10H2. The van der Waals surface area contributed by atoms with Gasteiger partial charge in [-0.25, -0.2) is 0 Å². The topological polar surface area (TPSA) is 54.3 Å². The number of nitriles is 1. The van der Waals surface area contributed by atoms with Crippen LogP contribution in [0.3, 0.4) is 0 Å². The van der Waals surface area contributed by atoms with Gasteiger partial charge in [-0.05, 0) is 48.5 Å². The highest BCUT2D eigenvalue weighted by Gasteiger charge is 2.30. The molecule has 0 aliphatic heterocycles. The molecule has 0 aromatic heterocycles. The minimum atomic E-state index is -4.69. The smallest absolute Gasteiger partial charge is 0.492 e. The molecule has 4 nitrogen and oxygen atoms in total. The van der Waals surface area contributed by atoms with Crippen LogP contribution in [0.4, 0.5) is 18.9 Å². The van der Waals surface area contributed by atoms with Crippen molar-refractivity contribution in [3.8, 4) is 17.6 Å². The molecule has 1 N–H and O–H groups in total. The third kappa shape index (κ3) is 5.79. The molecule has 0 saturated heterocycles. The van der Waals surface area contributed by atoms with Gasteiger partial charge in [0.25, 0.3) is 0 Å². The molecule has 0 fully saturated rings. The number of nitrogens with zero attached hydrogens (tertiary/aromatic N) is 1. The van der Waals surface area contributed by atoms with Crippen molar-refractivity contribution in [2.24, 2.45) is 0 Å². The number of anilines is 1. The Labute approximate surface area is 131 Å². The molecular formula is C16H13F3N2O2. The van der Waals surface area contributed by atoms with Gasteiger partial charge in [0, 0.05) is 12.2 Å². The fourth-order valence-electron chi connectivity index (χ4n) is 1.76. The fraction of sp³-hybridized carbons (Fsp3) is 0.188. The van der Waals surface area contributed by atoms with E-state index >= 15 is 0 Å². The molecule has 0 saturated carbocycles. The molecular weight excluding hydrogens is 309 g/mol. The lowest BCUT2D eigenvalue weighted by Crippen LogP contribution is -2.17. The summed E-state index contributed by atoms with van der Waals surface area (Å²) in [4.78, 5) is 0. The summed E-state index contributed by atoms with van der Waals surface area (Å²) < 4.78 is 45.3. The molecule has 0 atom stereocenters. The number of hydrogen-bond donors (Lipinski definition) is 1. The van der Waals surface area contributed by atoms with E-state index in [2.05, 4.69) is 10.1 Å². The maximum absolute atomic E-state index is 12.0. The molecule has 7 heteroatoms. The van der Waals surface area contributed by atoms with Crippen molar-refractivity contribution in [3.63, 3.8) is 0 Å². The summed E-state index contributed by atoms with van der Waals surface area (Å²) in [5.74, 6) is 0.372. The van der Waals surface area contributed by atoms with Crippen LogP contribution < -0.4 is 14.8 Å². The first-order chi connectivity index (χ1) is 11.0. The molecule has 0 aliphatic carbocycles. The molecule has 0 heterocycles. The van der Waals surface area contributed by atoms with Crippen molar-refractivity contribution >= 4 is 5.69 Å². The molecule has 0 bridgehead atoms. The van der Waals surface area contributed by atoms with Gasteiger partial charge in [-0.3, -0.25) is 0 Å². The van der Waals surface area contributed by atoms with Crippen LogP contribution in [-0.2, 0) is 0 Å². The second kappa shape index (κ2) is 7.40. The minimum Gasteiger partial charge on any atom is -0.492 e. The van der Waals surface area contributed by atoms with Gasteiger partial charge in [-0.1, -0.05) is 0 Å². The molecule has 0 aliphatic rings. The van der Waals surface area contributed by atoms with Crippen LogP contribution in [0, 0.1) is 11.3 Å². The lowest BCUT2D eigenvalue weighted by Gasteiger charge is -2.11. The number of alkyl halides is 3. The fourth-order valence-corrected chi connectivity index (χ4v) is 1.76. The van der Waals surface area contributed by atoms with Crippen molar-refractivity contribution in [1.29, 1.82) is 5.26 Å². The van der Waals surface area contributed by atoms with E-state index in [0.29, 0.717) is 30.2 Å². The lowest BCUT2D eigenvalue weighted by molar-refractivity contribution is -0.274. The van der Waals surface area contributed by atoms with E-state index < -0.39 is 6.36 Å². The van der Waals surface area contributed by atoms with Crippen molar-refractivity contribution in [1.82, 2.24) is 0 Å². The van der Waals surface area contributed by atoms with E-state index in [1.165, 1.54) is 24.3 Å². The van der Waals surface area contributed by atoms with E-state index in [1.807, 2.05) is 6.07 Å². The number of hydrogen-bond acceptors (Lipinski definition) is 4. The molecule has 2 aromatic rings. The van der Waals surface area contributed by atoms with Gasteiger partial charge in [0.1, 0.15) is 18.1 Å². The van der Waals surface area contributed by atoms with E-state index in [1.54, 1.807) is 24.3 Å². The van der Waals surface area contributed by atoms with Gasteiger partial charge in [-0.15, -0.1) is 13.2 Å². The van der Waals surface area contributed by atoms with Crippen LogP contribution in [0.15, 0.2) is 48.5 Å². The quantitative estimate of drug-likeness (QED) is 0.818. The first-order valence-electron chi connectivity index (χ1n) is 6.69. The highest BCUT2D eigenvalue weighted by atomic mass is 19.4. The Hall–Kier alpha value is -2.88. The van der Waals surface area contributed by atoms with E-state index in [-0.39, 0.29) is 5.75 Å². The minimum absolute atomic E-state index is 0.267. The predicted octanol–water partition coefficient (Wildman–Crippen LogP) is 3.95. The van der Waals surface area contributed by atoms with Gasteiger partial charge < -0.3 is 14.8 Å². The zero-order valence-electron chi connectivity index (χ0n) is 11.9. The molecule has 0 amide bonds. The molecule has 0 unspecified atom stereocenters. The van der Waals surface area contributed by atoms with E-state index in [0.717, 1.165) is 0 Å². The van der Waals surface area contributed by atoms with Crippen LogP contribution >= 0.6 is 0 Å². The van der Waals surface area contributed by atoms with Crippen LogP contribution in [0.2, 0.25) is 0 Å². The average Bonchev–Trinajstić information content (AvgIpc) is 2.52. The largest absolute Gasteiger partial charge is 0.573 e. The summed E-state index contributed by atoms with van der Waals surface area (Å²) in [6.07, 6.45) is -4.69. The highest BCUT2D eigenvalue weighted by molar-refractivity contribution is 5.46. The van der Waals surface area contributed by atoms with Gasteiger partial charge in [0.15, 0.2) is 0 Å². The first-order valence-corrected chi connectivity index (χ1v) is 6.69. The third-order valence-electron chi connectivity index (χ3n) is 2.77. The normalized spacial score (nSPS) is 10.7. The first kappa shape index (κ1) is 16.5. The Kier molecular flexibility index (Phi) is 5.31. The maximum atomic E-state index is 12.0. The zero-order chi connectivity index (χ0) is 16.7. The van der Waals surface area contributed by atoms with Crippen LogP contribution in [0.5, 0.6) is 11.5 Å². The third-order valence-corrected chi connectivity index (χ3v) is 2.77. The van der Waals surface area contributed by atoms with Crippen LogP contribution in [-0.4, -0.2) is 19.5 Å². The number of ether oxygens (including phenoxy) is 2. The highest BCUT2D eigenvalue weighted by Crippen LogP contribution is 2.23. The van der Waals surface area contributed by atoms with Crippen molar-refractivity contribution in [2.45, 2.75) is 6.36 Å². The zero-order valence-corrected chi connectivity index (χ0v) is 11.9. The molecule has 2 rings (SSSR count). The van der Waals surface area contributed by atoms with Crippen LogP contribution in [0.25, 0.3) is 0 Å². The molecule has 120 valence electrons. The summed E-state index contributed by atoms with van der Waals surface area (Å²) >= 11 is 0. The Morgan fingerprint density at radius 2 is 1.57 bits per heavy atom. The van der Waals surface area contributed by atoms with E-state index in [4.69, 9.17) is 10.00 Å². The van der Waals surface area contributed by atoms with Crippen molar-refractivity contribution in [2.75, 3.05) is 18.5 Å². The maximum Gasteiger partial charge on any atom is 0.573 e. The second-order valence-corrected chi connectivity index (χ2v) is 4.48. The number of halogens is 3. The Balaban J connectivity index is 1.74. The Morgan fingerprint density at radius 1 is 0.957 bits per heavy atom. The number of rotatable bonds is 6. The summed E-state index contributed by atoms with van der Waals surface area (Å²) in [5.41, 5.74) is 1.21. The lowest BCUT2D eigenvalue weighted by atomic mass is 10.2. The molecule has 23 heavy (non-hydrogen) atoms.